The predicted octanol–water partition coefficient (Wildman–Crippen LogP) is 3.09. The minimum atomic E-state index is -0.271. The van der Waals surface area contributed by atoms with E-state index in [1.165, 1.54) is 22.6 Å². The van der Waals surface area contributed by atoms with Crippen LogP contribution in [0.15, 0.2) is 36.4 Å². The molecule has 0 fully saturated rings. The predicted molar refractivity (Wildman–Crippen MR) is 75.9 cm³/mol. The van der Waals surface area contributed by atoms with Gasteiger partial charge in [-0.25, -0.2) is 4.90 Å². The third-order valence-corrected chi connectivity index (χ3v) is 3.17. The fourth-order valence-electron chi connectivity index (χ4n) is 1.99. The normalized spacial score (nSPS) is 15.4. The highest BCUT2D eigenvalue weighted by molar-refractivity contribution is 6.28. The quantitative estimate of drug-likeness (QED) is 0.780. The zero-order valence-electron chi connectivity index (χ0n) is 11.6. The number of rotatable bonds is 3. The molecule has 0 spiro atoms. The van der Waals surface area contributed by atoms with E-state index in [1.54, 1.807) is 0 Å². The minimum absolute atomic E-state index is 0.271. The first-order chi connectivity index (χ1) is 8.87. The summed E-state index contributed by atoms with van der Waals surface area (Å²) < 4.78 is 0. The van der Waals surface area contributed by atoms with Gasteiger partial charge in [-0.2, -0.15) is 0 Å². The Labute approximate surface area is 113 Å². The third kappa shape index (κ3) is 3.31. The Morgan fingerprint density at radius 3 is 1.95 bits per heavy atom. The monoisotopic (exact) mass is 257 g/mol. The number of carbonyl (C=O) groups is 2. The van der Waals surface area contributed by atoms with Crippen molar-refractivity contribution < 1.29 is 9.59 Å². The second-order valence-electron chi connectivity index (χ2n) is 6.07. The number of hydrogen-bond acceptors (Lipinski definition) is 2. The molecule has 1 aromatic carbocycles. The highest BCUT2D eigenvalue weighted by atomic mass is 16.2. The van der Waals surface area contributed by atoms with Crippen molar-refractivity contribution in [1.82, 2.24) is 0 Å². The van der Waals surface area contributed by atoms with Gasteiger partial charge in [0.2, 0.25) is 0 Å². The second kappa shape index (κ2) is 5.00. The van der Waals surface area contributed by atoms with Crippen LogP contribution in [0.4, 0.5) is 5.69 Å². The lowest BCUT2D eigenvalue weighted by Crippen LogP contribution is -2.29. The number of aryl methyl sites for hydroxylation is 1. The van der Waals surface area contributed by atoms with Crippen LogP contribution in [0.3, 0.4) is 0 Å². The number of imide groups is 1. The first-order valence-corrected chi connectivity index (χ1v) is 6.52. The number of nitrogens with zero attached hydrogens (tertiary/aromatic N) is 1. The number of hydrogen-bond donors (Lipinski definition) is 0. The second-order valence-corrected chi connectivity index (χ2v) is 6.07. The average Bonchev–Trinajstić information content (AvgIpc) is 2.67. The van der Waals surface area contributed by atoms with Crippen molar-refractivity contribution in [3.63, 3.8) is 0 Å². The largest absolute Gasteiger partial charge is 0.269 e. The van der Waals surface area contributed by atoms with Gasteiger partial charge < -0.3 is 0 Å². The number of benzene rings is 1. The van der Waals surface area contributed by atoms with Crippen LogP contribution in [0.5, 0.6) is 0 Å². The van der Waals surface area contributed by atoms with Crippen LogP contribution in [0.25, 0.3) is 0 Å². The molecule has 19 heavy (non-hydrogen) atoms. The summed E-state index contributed by atoms with van der Waals surface area (Å²) in [5, 5.41) is 0. The van der Waals surface area contributed by atoms with Gasteiger partial charge >= 0.3 is 0 Å². The first kappa shape index (κ1) is 13.5. The Morgan fingerprint density at radius 1 is 0.947 bits per heavy atom. The van der Waals surface area contributed by atoms with Gasteiger partial charge in [-0.15, -0.1) is 0 Å². The number of amides is 2. The molecular formula is C16H19NO2. The van der Waals surface area contributed by atoms with E-state index < -0.39 is 0 Å². The number of carbonyl (C=O) groups excluding carboxylic acids is 2. The molecule has 3 nitrogen and oxygen atoms in total. The lowest BCUT2D eigenvalue weighted by atomic mass is 9.89. The molecule has 0 radical (unpaired) electrons. The molecular weight excluding hydrogens is 238 g/mol. The highest BCUT2D eigenvalue weighted by Crippen LogP contribution is 2.23. The van der Waals surface area contributed by atoms with Gasteiger partial charge in [0.1, 0.15) is 0 Å². The lowest BCUT2D eigenvalue weighted by Gasteiger charge is -2.18. The van der Waals surface area contributed by atoms with E-state index in [9.17, 15) is 9.59 Å². The van der Waals surface area contributed by atoms with E-state index in [4.69, 9.17) is 0 Å². The lowest BCUT2D eigenvalue weighted by molar-refractivity contribution is -0.119. The summed E-state index contributed by atoms with van der Waals surface area (Å²) in [5.41, 5.74) is 2.17. The van der Waals surface area contributed by atoms with Crippen LogP contribution in [-0.2, 0) is 16.0 Å². The minimum Gasteiger partial charge on any atom is -0.269 e. The van der Waals surface area contributed by atoms with Crippen molar-refractivity contribution in [3.05, 3.63) is 42.0 Å². The first-order valence-electron chi connectivity index (χ1n) is 6.52. The molecule has 1 aliphatic rings. The summed E-state index contributed by atoms with van der Waals surface area (Å²) in [5.74, 6) is -0.542. The van der Waals surface area contributed by atoms with Crippen molar-refractivity contribution in [2.45, 2.75) is 33.6 Å². The van der Waals surface area contributed by atoms with Crippen molar-refractivity contribution in [2.24, 2.45) is 5.41 Å². The Hall–Kier alpha value is -1.90. The van der Waals surface area contributed by atoms with Crippen molar-refractivity contribution >= 4 is 17.5 Å². The van der Waals surface area contributed by atoms with Gasteiger partial charge in [0, 0.05) is 12.2 Å². The van der Waals surface area contributed by atoms with Gasteiger partial charge in [-0.05, 0) is 36.0 Å². The summed E-state index contributed by atoms with van der Waals surface area (Å²) in [6.07, 6.45) is 4.71. The summed E-state index contributed by atoms with van der Waals surface area (Å²) in [6, 6.07) is 7.64. The van der Waals surface area contributed by atoms with Crippen LogP contribution in [-0.4, -0.2) is 11.8 Å². The highest BCUT2D eigenvalue weighted by Gasteiger charge is 2.24. The Balaban J connectivity index is 2.07. The zero-order valence-corrected chi connectivity index (χ0v) is 11.6. The molecule has 2 amide bonds. The fourth-order valence-corrected chi connectivity index (χ4v) is 1.99. The van der Waals surface area contributed by atoms with E-state index in [1.807, 2.05) is 24.3 Å². The molecule has 0 saturated carbocycles. The smallest absolute Gasteiger partial charge is 0.258 e. The van der Waals surface area contributed by atoms with Gasteiger partial charge in [-0.3, -0.25) is 9.59 Å². The maximum Gasteiger partial charge on any atom is 0.258 e. The SMILES string of the molecule is CC(C)(C)CCc1ccc(N2C(=O)C=CC2=O)cc1. The van der Waals surface area contributed by atoms with E-state index in [0.29, 0.717) is 11.1 Å². The maximum atomic E-state index is 11.5. The molecule has 0 aromatic heterocycles. The molecule has 0 atom stereocenters. The van der Waals surface area contributed by atoms with Crippen LogP contribution in [0, 0.1) is 5.41 Å². The molecule has 1 heterocycles. The molecule has 1 aliphatic heterocycles. The topological polar surface area (TPSA) is 37.4 Å². The molecule has 0 aliphatic carbocycles. The van der Waals surface area contributed by atoms with E-state index in [0.717, 1.165) is 12.8 Å². The number of anilines is 1. The Bertz CT molecular complexity index is 503. The Morgan fingerprint density at radius 2 is 1.47 bits per heavy atom. The summed E-state index contributed by atoms with van der Waals surface area (Å²) >= 11 is 0. The molecule has 1 aromatic rings. The third-order valence-electron chi connectivity index (χ3n) is 3.17. The van der Waals surface area contributed by atoms with Crippen molar-refractivity contribution in [2.75, 3.05) is 4.90 Å². The molecule has 0 saturated heterocycles. The van der Waals surface area contributed by atoms with Crippen LogP contribution in [0.1, 0.15) is 32.8 Å². The maximum absolute atomic E-state index is 11.5. The van der Waals surface area contributed by atoms with Crippen LogP contribution < -0.4 is 4.90 Å². The average molecular weight is 257 g/mol. The fraction of sp³-hybridized carbons (Fsp3) is 0.375. The van der Waals surface area contributed by atoms with E-state index in [-0.39, 0.29) is 11.8 Å². The molecule has 0 bridgehead atoms. The van der Waals surface area contributed by atoms with Gasteiger partial charge in [0.15, 0.2) is 0 Å². The standard InChI is InChI=1S/C16H19NO2/c1-16(2,3)11-10-12-4-6-13(7-5-12)17-14(18)8-9-15(17)19/h4-9H,10-11H2,1-3H3. The molecule has 3 heteroatoms. The van der Waals surface area contributed by atoms with Crippen LogP contribution >= 0.6 is 0 Å². The van der Waals surface area contributed by atoms with Crippen molar-refractivity contribution in [3.8, 4) is 0 Å². The van der Waals surface area contributed by atoms with E-state index in [2.05, 4.69) is 20.8 Å². The summed E-state index contributed by atoms with van der Waals surface area (Å²) in [7, 11) is 0. The van der Waals surface area contributed by atoms with Crippen LogP contribution in [0.2, 0.25) is 0 Å². The molecule has 0 N–H and O–H groups in total. The Kier molecular flexibility index (Phi) is 3.56. The molecule has 2 rings (SSSR count). The summed E-state index contributed by atoms with van der Waals surface area (Å²) in [6.45, 7) is 6.65. The van der Waals surface area contributed by atoms with Crippen molar-refractivity contribution in [1.29, 1.82) is 0 Å². The summed E-state index contributed by atoms with van der Waals surface area (Å²) in [4.78, 5) is 24.3. The van der Waals surface area contributed by atoms with Gasteiger partial charge in [0.05, 0.1) is 5.69 Å². The molecule has 0 unspecified atom stereocenters. The zero-order chi connectivity index (χ0) is 14.0. The van der Waals surface area contributed by atoms with Gasteiger partial charge in [-0.1, -0.05) is 32.9 Å². The van der Waals surface area contributed by atoms with E-state index >= 15 is 0 Å². The van der Waals surface area contributed by atoms with Gasteiger partial charge in [0.25, 0.3) is 11.8 Å². The molecule has 100 valence electrons.